The first-order valence-corrected chi connectivity index (χ1v) is 3.82. The Morgan fingerprint density at radius 2 is 1.67 bits per heavy atom. The summed E-state index contributed by atoms with van der Waals surface area (Å²) in [5.41, 5.74) is 1.51. The van der Waals surface area contributed by atoms with Gasteiger partial charge in [-0.2, -0.15) is 0 Å². The highest BCUT2D eigenvalue weighted by molar-refractivity contribution is 5.02. The minimum atomic E-state index is 1.23. The Morgan fingerprint density at radius 1 is 1.22 bits per heavy atom. The van der Waals surface area contributed by atoms with Crippen LogP contribution in [0, 0.1) is 6.92 Å². The maximum atomic E-state index is 3.76. The number of hydrogen-bond donors (Lipinski definition) is 0. The molecule has 0 bridgehead atoms. The average Bonchev–Trinajstić information content (AvgIpc) is 1.88. The first-order chi connectivity index (χ1) is 4.35. The SMILES string of the molecule is [CH2]C=C(CCC)CCC. The van der Waals surface area contributed by atoms with Crippen LogP contribution in [0.25, 0.3) is 0 Å². The van der Waals surface area contributed by atoms with E-state index < -0.39 is 0 Å². The summed E-state index contributed by atoms with van der Waals surface area (Å²) in [6.07, 6.45) is 6.98. The van der Waals surface area contributed by atoms with Crippen LogP contribution >= 0.6 is 0 Å². The van der Waals surface area contributed by atoms with Gasteiger partial charge < -0.3 is 0 Å². The van der Waals surface area contributed by atoms with Crippen LogP contribution in [0.15, 0.2) is 11.6 Å². The van der Waals surface area contributed by atoms with Crippen LogP contribution < -0.4 is 0 Å². The van der Waals surface area contributed by atoms with E-state index in [1.165, 1.54) is 31.3 Å². The molecule has 0 aromatic heterocycles. The van der Waals surface area contributed by atoms with Crippen molar-refractivity contribution >= 4 is 0 Å². The van der Waals surface area contributed by atoms with E-state index in [1.807, 2.05) is 6.08 Å². The molecule has 1 radical (unpaired) electrons. The molecule has 0 unspecified atom stereocenters. The maximum Gasteiger partial charge on any atom is -0.0313 e. The second-order valence-electron chi connectivity index (χ2n) is 2.36. The third-order valence-corrected chi connectivity index (χ3v) is 1.43. The highest BCUT2D eigenvalue weighted by Crippen LogP contribution is 2.10. The molecule has 0 N–H and O–H groups in total. The van der Waals surface area contributed by atoms with E-state index in [0.29, 0.717) is 0 Å². The van der Waals surface area contributed by atoms with E-state index in [-0.39, 0.29) is 0 Å². The molecule has 0 aliphatic heterocycles. The zero-order valence-corrected chi connectivity index (χ0v) is 6.61. The fourth-order valence-electron chi connectivity index (χ4n) is 0.971. The molecule has 0 amide bonds. The lowest BCUT2D eigenvalue weighted by Crippen LogP contribution is -1.80. The van der Waals surface area contributed by atoms with Crippen LogP contribution in [0.1, 0.15) is 39.5 Å². The summed E-state index contributed by atoms with van der Waals surface area (Å²) in [6, 6.07) is 0. The van der Waals surface area contributed by atoms with Crippen molar-refractivity contribution < 1.29 is 0 Å². The van der Waals surface area contributed by atoms with E-state index in [9.17, 15) is 0 Å². The van der Waals surface area contributed by atoms with Gasteiger partial charge in [-0.1, -0.05) is 38.3 Å². The molecule has 0 aliphatic rings. The topological polar surface area (TPSA) is 0 Å². The molecule has 0 aromatic rings. The molecular formula is C9H17. The van der Waals surface area contributed by atoms with Crippen LogP contribution in [0.3, 0.4) is 0 Å². The molecule has 53 valence electrons. The molecule has 0 heterocycles. The molecule has 0 atom stereocenters. The molecule has 9 heavy (non-hydrogen) atoms. The molecule has 0 spiro atoms. The Kier molecular flexibility index (Phi) is 5.70. The van der Waals surface area contributed by atoms with Gasteiger partial charge in [-0.3, -0.25) is 0 Å². The van der Waals surface area contributed by atoms with Crippen LogP contribution in [-0.4, -0.2) is 0 Å². The Balaban J connectivity index is 3.43. The van der Waals surface area contributed by atoms with Crippen LogP contribution in [-0.2, 0) is 0 Å². The minimum Gasteiger partial charge on any atom is -0.0850 e. The van der Waals surface area contributed by atoms with E-state index in [2.05, 4.69) is 20.8 Å². The van der Waals surface area contributed by atoms with E-state index in [4.69, 9.17) is 0 Å². The second-order valence-corrected chi connectivity index (χ2v) is 2.36. The molecule has 0 nitrogen and oxygen atoms in total. The lowest BCUT2D eigenvalue weighted by atomic mass is 10.1. The van der Waals surface area contributed by atoms with E-state index in [1.54, 1.807) is 0 Å². The second kappa shape index (κ2) is 5.87. The molecule has 0 aromatic carbocycles. The molecule has 0 fully saturated rings. The van der Waals surface area contributed by atoms with Crippen LogP contribution in [0.2, 0.25) is 0 Å². The highest BCUT2D eigenvalue weighted by atomic mass is 14.0. The van der Waals surface area contributed by atoms with Crippen molar-refractivity contribution in [2.24, 2.45) is 0 Å². The summed E-state index contributed by atoms with van der Waals surface area (Å²) in [4.78, 5) is 0. The Bertz CT molecular complexity index is 72.0. The molecule has 0 rings (SSSR count). The van der Waals surface area contributed by atoms with E-state index >= 15 is 0 Å². The lowest BCUT2D eigenvalue weighted by molar-refractivity contribution is 0.803. The number of rotatable bonds is 4. The van der Waals surface area contributed by atoms with Gasteiger partial charge in [-0.15, -0.1) is 0 Å². The first-order valence-electron chi connectivity index (χ1n) is 3.82. The maximum absolute atomic E-state index is 3.76. The molecule has 0 heteroatoms. The van der Waals surface area contributed by atoms with Gasteiger partial charge in [0.1, 0.15) is 0 Å². The van der Waals surface area contributed by atoms with E-state index in [0.717, 1.165) is 0 Å². The zero-order chi connectivity index (χ0) is 7.11. The standard InChI is InChI=1S/C9H17/c1-4-7-9(6-3)8-5-2/h6H,3-5,7-8H2,1-2H3. The lowest BCUT2D eigenvalue weighted by Gasteiger charge is -2.00. The monoisotopic (exact) mass is 125 g/mol. The van der Waals surface area contributed by atoms with Crippen molar-refractivity contribution in [2.75, 3.05) is 0 Å². The average molecular weight is 125 g/mol. The van der Waals surface area contributed by atoms with Crippen LogP contribution in [0.4, 0.5) is 0 Å². The third-order valence-electron chi connectivity index (χ3n) is 1.43. The number of hydrogen-bond acceptors (Lipinski definition) is 0. The predicted molar refractivity (Wildman–Crippen MR) is 43.3 cm³/mol. The Morgan fingerprint density at radius 3 is 1.89 bits per heavy atom. The largest absolute Gasteiger partial charge is 0.0850 e. The summed E-state index contributed by atoms with van der Waals surface area (Å²) < 4.78 is 0. The van der Waals surface area contributed by atoms with Crippen molar-refractivity contribution in [3.05, 3.63) is 18.6 Å². The molecule has 0 saturated carbocycles. The fourth-order valence-corrected chi connectivity index (χ4v) is 0.971. The quantitative estimate of drug-likeness (QED) is 0.540. The van der Waals surface area contributed by atoms with Gasteiger partial charge in [-0.25, -0.2) is 0 Å². The van der Waals surface area contributed by atoms with Crippen molar-refractivity contribution in [2.45, 2.75) is 39.5 Å². The van der Waals surface area contributed by atoms with Gasteiger partial charge in [0.05, 0.1) is 0 Å². The summed E-state index contributed by atoms with van der Waals surface area (Å²) >= 11 is 0. The molecular weight excluding hydrogens is 108 g/mol. The van der Waals surface area contributed by atoms with Gasteiger partial charge in [-0.05, 0) is 19.8 Å². The highest BCUT2D eigenvalue weighted by Gasteiger charge is 1.90. The summed E-state index contributed by atoms with van der Waals surface area (Å²) in [5.74, 6) is 0. The summed E-state index contributed by atoms with van der Waals surface area (Å²) in [6.45, 7) is 8.18. The van der Waals surface area contributed by atoms with Crippen molar-refractivity contribution in [1.29, 1.82) is 0 Å². The smallest absolute Gasteiger partial charge is 0.0313 e. The zero-order valence-electron chi connectivity index (χ0n) is 6.61. The predicted octanol–water partition coefficient (Wildman–Crippen LogP) is 3.35. The summed E-state index contributed by atoms with van der Waals surface area (Å²) in [5, 5.41) is 0. The van der Waals surface area contributed by atoms with Gasteiger partial charge in [0.25, 0.3) is 0 Å². The first kappa shape index (κ1) is 8.74. The Labute approximate surface area is 59.0 Å². The number of allylic oxidation sites excluding steroid dienone is 2. The Hall–Kier alpha value is -0.260. The molecule has 0 aliphatic carbocycles. The van der Waals surface area contributed by atoms with Crippen molar-refractivity contribution in [3.8, 4) is 0 Å². The summed E-state index contributed by atoms with van der Waals surface area (Å²) in [7, 11) is 0. The van der Waals surface area contributed by atoms with Gasteiger partial charge in [0, 0.05) is 0 Å². The third kappa shape index (κ3) is 4.26. The fraction of sp³-hybridized carbons (Fsp3) is 0.667. The minimum absolute atomic E-state index is 1.23. The van der Waals surface area contributed by atoms with Crippen molar-refractivity contribution in [3.63, 3.8) is 0 Å². The normalized spacial score (nSPS) is 9.22. The van der Waals surface area contributed by atoms with Gasteiger partial charge >= 0.3 is 0 Å². The van der Waals surface area contributed by atoms with Crippen molar-refractivity contribution in [1.82, 2.24) is 0 Å². The molecule has 0 saturated heterocycles. The van der Waals surface area contributed by atoms with Gasteiger partial charge in [0.15, 0.2) is 0 Å². The van der Waals surface area contributed by atoms with Crippen LogP contribution in [0.5, 0.6) is 0 Å². The van der Waals surface area contributed by atoms with Gasteiger partial charge in [0.2, 0.25) is 0 Å².